The molecule has 0 atom stereocenters. The maximum Gasteiger partial charge on any atom is 0.414 e. The first-order valence-electron chi connectivity index (χ1n) is 10.5. The van der Waals surface area contributed by atoms with Crippen LogP contribution in [0.5, 0.6) is 5.75 Å². The number of methoxy groups -OCH3 is 1. The third-order valence-electron chi connectivity index (χ3n) is 4.87. The van der Waals surface area contributed by atoms with Gasteiger partial charge in [-0.1, -0.05) is 12.1 Å². The number of pyridine rings is 1. The van der Waals surface area contributed by atoms with E-state index in [1.165, 1.54) is 16.3 Å². The molecule has 2 heterocycles. The van der Waals surface area contributed by atoms with Gasteiger partial charge in [0.1, 0.15) is 5.75 Å². The first-order valence-corrected chi connectivity index (χ1v) is 12.1. The molecule has 35 heavy (non-hydrogen) atoms. The Bertz CT molecular complexity index is 1090. The van der Waals surface area contributed by atoms with Crippen LogP contribution in [0.4, 0.5) is 0 Å². The van der Waals surface area contributed by atoms with Gasteiger partial charge in [-0.05, 0) is 29.8 Å². The average molecular weight is 510 g/mol. The molecular formula is C22H27N3O9S. The van der Waals surface area contributed by atoms with Gasteiger partial charge in [0.25, 0.3) is 5.91 Å². The summed E-state index contributed by atoms with van der Waals surface area (Å²) in [7, 11) is -1.95. The highest BCUT2D eigenvalue weighted by Crippen LogP contribution is 2.16. The third-order valence-corrected chi connectivity index (χ3v) is 6.72. The molecule has 0 spiro atoms. The molecule has 0 saturated carbocycles. The number of amides is 1. The van der Waals surface area contributed by atoms with Crippen LogP contribution in [0.15, 0.2) is 48.8 Å². The molecule has 13 heteroatoms. The van der Waals surface area contributed by atoms with Crippen LogP contribution in [-0.2, 0) is 30.9 Å². The lowest BCUT2D eigenvalue weighted by Crippen LogP contribution is -2.44. The molecular weight excluding hydrogens is 482 g/mol. The van der Waals surface area contributed by atoms with Gasteiger partial charge in [-0.15, -0.1) is 0 Å². The molecule has 1 aliphatic rings. The number of nitrogens with zero attached hydrogens (tertiary/aromatic N) is 3. The molecule has 2 N–H and O–H groups in total. The van der Waals surface area contributed by atoms with Crippen LogP contribution in [0.3, 0.4) is 0 Å². The molecule has 1 aromatic carbocycles. The summed E-state index contributed by atoms with van der Waals surface area (Å²) in [5.41, 5.74) is 1.27. The van der Waals surface area contributed by atoms with Gasteiger partial charge in [-0.3, -0.25) is 9.78 Å². The number of hydrogen-bond acceptors (Lipinski definition) is 8. The van der Waals surface area contributed by atoms with Crippen LogP contribution < -0.4 is 4.74 Å². The van der Waals surface area contributed by atoms with Crippen LogP contribution in [0, 0.1) is 0 Å². The van der Waals surface area contributed by atoms with Gasteiger partial charge in [0, 0.05) is 44.1 Å². The van der Waals surface area contributed by atoms with Crippen molar-refractivity contribution in [2.75, 3.05) is 45.7 Å². The third kappa shape index (κ3) is 8.96. The summed E-state index contributed by atoms with van der Waals surface area (Å²) in [4.78, 5) is 36.9. The Labute approximate surface area is 202 Å². The number of carbonyl (C=O) groups is 3. The van der Waals surface area contributed by atoms with Crippen molar-refractivity contribution in [3.63, 3.8) is 0 Å². The fraction of sp³-hybridized carbons (Fsp3) is 0.364. The number of sulfonamides is 1. The van der Waals surface area contributed by atoms with Gasteiger partial charge in [0.15, 0.2) is 0 Å². The van der Waals surface area contributed by atoms with Crippen molar-refractivity contribution < 1.29 is 42.5 Å². The van der Waals surface area contributed by atoms with Gasteiger partial charge in [0.2, 0.25) is 10.0 Å². The smallest absolute Gasteiger partial charge is 0.414 e. The van der Waals surface area contributed by atoms with Gasteiger partial charge < -0.3 is 24.6 Å². The maximum absolute atomic E-state index is 13.1. The van der Waals surface area contributed by atoms with E-state index in [1.54, 1.807) is 42.7 Å². The van der Waals surface area contributed by atoms with Crippen molar-refractivity contribution >= 4 is 27.9 Å². The molecule has 1 fully saturated rings. The van der Waals surface area contributed by atoms with Crippen LogP contribution in [0.2, 0.25) is 0 Å². The van der Waals surface area contributed by atoms with E-state index in [0.29, 0.717) is 37.6 Å². The zero-order valence-electron chi connectivity index (χ0n) is 19.1. The first kappa shape index (κ1) is 27.7. The Kier molecular flexibility index (Phi) is 10.6. The van der Waals surface area contributed by atoms with E-state index in [9.17, 15) is 13.2 Å². The number of rotatable bonds is 8. The number of benzene rings is 1. The molecule has 0 aliphatic carbocycles. The van der Waals surface area contributed by atoms with Crippen molar-refractivity contribution in [2.24, 2.45) is 0 Å². The lowest BCUT2D eigenvalue weighted by molar-refractivity contribution is -0.159. The minimum atomic E-state index is -3.48. The quantitative estimate of drug-likeness (QED) is 0.480. The summed E-state index contributed by atoms with van der Waals surface area (Å²) in [6.45, 7) is 1.80. The summed E-state index contributed by atoms with van der Waals surface area (Å²) in [6.07, 6.45) is 3.32. The van der Waals surface area contributed by atoms with Crippen molar-refractivity contribution in [3.05, 3.63) is 59.9 Å². The van der Waals surface area contributed by atoms with E-state index in [0.717, 1.165) is 5.56 Å². The summed E-state index contributed by atoms with van der Waals surface area (Å²) >= 11 is 0. The Balaban J connectivity index is 0.000000641. The summed E-state index contributed by atoms with van der Waals surface area (Å²) < 4.78 is 37.3. The largest absolute Gasteiger partial charge is 0.497 e. The monoisotopic (exact) mass is 509 g/mol. The standard InChI is InChI=1S/C20H25N3O5S.C2H2O4/c1-27-19-6-2-5-18(14-19)20(24)22(16-17-4-3-7-21-15-17)10-13-29(25,26)23-8-11-28-12-9-23;3-1(4)2(5)6/h2-7,14-15H,8-13,16H2,1H3;(H,3,4)(H,5,6). The number of ether oxygens (including phenoxy) is 2. The van der Waals surface area contributed by atoms with Crippen LogP contribution in [-0.4, -0.2) is 96.4 Å². The Morgan fingerprint density at radius 1 is 1.11 bits per heavy atom. The van der Waals surface area contributed by atoms with Crippen LogP contribution in [0.25, 0.3) is 0 Å². The maximum atomic E-state index is 13.1. The van der Waals surface area contributed by atoms with Gasteiger partial charge in [0.05, 0.1) is 26.1 Å². The predicted molar refractivity (Wildman–Crippen MR) is 123 cm³/mol. The minimum absolute atomic E-state index is 0.0740. The molecule has 0 radical (unpaired) electrons. The van der Waals surface area contributed by atoms with Crippen molar-refractivity contribution in [3.8, 4) is 5.75 Å². The second-order valence-corrected chi connectivity index (χ2v) is 9.35. The van der Waals surface area contributed by atoms with Crippen LogP contribution in [0.1, 0.15) is 15.9 Å². The molecule has 3 rings (SSSR count). The van der Waals surface area contributed by atoms with Gasteiger partial charge in [-0.2, -0.15) is 4.31 Å². The molecule has 1 amide bonds. The Morgan fingerprint density at radius 3 is 2.37 bits per heavy atom. The van der Waals surface area contributed by atoms with Crippen molar-refractivity contribution in [2.45, 2.75) is 6.54 Å². The lowest BCUT2D eigenvalue weighted by Gasteiger charge is -2.28. The highest BCUT2D eigenvalue weighted by molar-refractivity contribution is 7.89. The molecule has 0 unspecified atom stereocenters. The van der Waals surface area contributed by atoms with Gasteiger partial charge >= 0.3 is 11.9 Å². The summed E-state index contributed by atoms with van der Waals surface area (Å²) in [5.74, 6) is -3.49. The van der Waals surface area contributed by atoms with E-state index >= 15 is 0 Å². The highest BCUT2D eigenvalue weighted by Gasteiger charge is 2.26. The second kappa shape index (κ2) is 13.4. The number of carboxylic acid groups (broad SMARTS) is 2. The molecule has 1 saturated heterocycles. The van der Waals surface area contributed by atoms with E-state index in [-0.39, 0.29) is 24.7 Å². The van der Waals surface area contributed by atoms with E-state index in [2.05, 4.69) is 4.98 Å². The normalized spacial score (nSPS) is 13.7. The summed E-state index contributed by atoms with van der Waals surface area (Å²) in [5, 5.41) is 14.8. The zero-order chi connectivity index (χ0) is 25.8. The number of aromatic nitrogens is 1. The van der Waals surface area contributed by atoms with Gasteiger partial charge in [-0.25, -0.2) is 18.0 Å². The number of morpholine rings is 1. The first-order chi connectivity index (χ1) is 16.6. The topological polar surface area (TPSA) is 164 Å². The molecule has 190 valence electrons. The predicted octanol–water partition coefficient (Wildman–Crippen LogP) is 0.550. The molecule has 1 aromatic heterocycles. The number of carbonyl (C=O) groups excluding carboxylic acids is 1. The number of aliphatic carboxylic acids is 2. The molecule has 12 nitrogen and oxygen atoms in total. The highest BCUT2D eigenvalue weighted by atomic mass is 32.2. The Morgan fingerprint density at radius 2 is 1.80 bits per heavy atom. The zero-order valence-corrected chi connectivity index (χ0v) is 19.9. The molecule has 0 bridgehead atoms. The SMILES string of the molecule is COc1cccc(C(=O)N(CCS(=O)(=O)N2CCOCC2)Cc2cccnc2)c1.O=C(O)C(=O)O. The molecule has 1 aliphatic heterocycles. The average Bonchev–Trinajstić information content (AvgIpc) is 2.87. The molecule has 2 aromatic rings. The fourth-order valence-corrected chi connectivity index (χ4v) is 4.50. The second-order valence-electron chi connectivity index (χ2n) is 7.26. The Hall–Kier alpha value is -3.55. The minimum Gasteiger partial charge on any atom is -0.497 e. The van der Waals surface area contributed by atoms with Crippen molar-refractivity contribution in [1.29, 1.82) is 0 Å². The summed E-state index contributed by atoms with van der Waals surface area (Å²) in [6, 6.07) is 10.5. The van der Waals surface area contributed by atoms with Crippen molar-refractivity contribution in [1.82, 2.24) is 14.2 Å². The number of hydrogen-bond donors (Lipinski definition) is 2. The van der Waals surface area contributed by atoms with Crippen LogP contribution >= 0.6 is 0 Å². The van der Waals surface area contributed by atoms with E-state index < -0.39 is 22.0 Å². The van der Waals surface area contributed by atoms with E-state index in [4.69, 9.17) is 29.3 Å². The number of carboxylic acids is 2. The fourth-order valence-electron chi connectivity index (χ4n) is 3.08. The lowest BCUT2D eigenvalue weighted by atomic mass is 10.1. The van der Waals surface area contributed by atoms with E-state index in [1.807, 2.05) is 6.07 Å².